The summed E-state index contributed by atoms with van der Waals surface area (Å²) >= 11 is 0. The van der Waals surface area contributed by atoms with Crippen LogP contribution in [0.4, 0.5) is 0 Å². The molecule has 2 aromatic heterocycles. The topological polar surface area (TPSA) is 77.6 Å². The molecule has 128 valence electrons. The molecule has 3 heterocycles. The van der Waals surface area contributed by atoms with Crippen LogP contribution in [0.3, 0.4) is 0 Å². The van der Waals surface area contributed by atoms with Gasteiger partial charge in [-0.1, -0.05) is 30.3 Å². The van der Waals surface area contributed by atoms with Gasteiger partial charge in [-0.15, -0.1) is 10.2 Å². The molecule has 1 N–H and O–H groups in total. The predicted octanol–water partition coefficient (Wildman–Crippen LogP) is 1.50. The van der Waals surface area contributed by atoms with E-state index in [1.54, 1.807) is 10.9 Å². The molecule has 2 unspecified atom stereocenters. The molecular formula is C18H20N6O. The second-order valence-electron chi connectivity index (χ2n) is 6.32. The minimum absolute atomic E-state index is 0.0472. The zero-order valence-electron chi connectivity index (χ0n) is 14.0. The zero-order chi connectivity index (χ0) is 17.2. The molecular weight excluding hydrogens is 316 g/mol. The molecule has 2 atom stereocenters. The number of carbonyl (C=O) groups is 1. The van der Waals surface area contributed by atoms with Gasteiger partial charge in [0.15, 0.2) is 6.04 Å². The predicted molar refractivity (Wildman–Crippen MR) is 91.8 cm³/mol. The average Bonchev–Trinajstić information content (AvgIpc) is 3.27. The van der Waals surface area contributed by atoms with E-state index >= 15 is 0 Å². The molecule has 0 saturated carbocycles. The fraction of sp³-hybridized carbons (Fsp3) is 0.333. The minimum Gasteiger partial charge on any atom is -0.349 e. The third kappa shape index (κ3) is 3.05. The Bertz CT molecular complexity index is 855. The summed E-state index contributed by atoms with van der Waals surface area (Å²) < 4.78 is 3.78. The van der Waals surface area contributed by atoms with Gasteiger partial charge in [0.05, 0.1) is 0 Å². The highest BCUT2D eigenvalue weighted by molar-refractivity contribution is 5.83. The highest BCUT2D eigenvalue weighted by Crippen LogP contribution is 2.20. The molecule has 7 heteroatoms. The Kier molecular flexibility index (Phi) is 4.05. The Balaban J connectivity index is 1.55. The van der Waals surface area contributed by atoms with Crippen LogP contribution in [0.1, 0.15) is 29.7 Å². The monoisotopic (exact) mass is 336 g/mol. The number of hydrogen-bond acceptors (Lipinski definition) is 4. The van der Waals surface area contributed by atoms with Crippen molar-refractivity contribution in [1.82, 2.24) is 29.9 Å². The lowest BCUT2D eigenvalue weighted by Gasteiger charge is -2.27. The minimum atomic E-state index is -0.473. The van der Waals surface area contributed by atoms with Gasteiger partial charge in [-0.2, -0.15) is 5.10 Å². The summed E-state index contributed by atoms with van der Waals surface area (Å²) in [7, 11) is 0. The molecule has 1 amide bonds. The Hall–Kier alpha value is -2.96. The Morgan fingerprint density at radius 1 is 1.24 bits per heavy atom. The van der Waals surface area contributed by atoms with E-state index in [1.165, 1.54) is 0 Å². The first-order chi connectivity index (χ1) is 12.2. The van der Waals surface area contributed by atoms with Gasteiger partial charge < -0.3 is 9.88 Å². The standard InChI is InChI=1S/C18H20N6O/c1-13-21-22-16-9-8-15(12-23(13)16)20-18(25)17(24-11-5-10-19-24)14-6-3-2-4-7-14/h2-7,10-11,15,17H,8-9,12H2,1H3,(H,20,25). The SMILES string of the molecule is Cc1nnc2n1CC(NC(=O)C(c1ccccc1)n1cccn1)CC2. The lowest BCUT2D eigenvalue weighted by molar-refractivity contribution is -0.124. The molecule has 1 aromatic carbocycles. The Morgan fingerprint density at radius 2 is 2.08 bits per heavy atom. The van der Waals surface area contributed by atoms with Crippen molar-refractivity contribution in [2.45, 2.75) is 38.4 Å². The van der Waals surface area contributed by atoms with E-state index < -0.39 is 6.04 Å². The van der Waals surface area contributed by atoms with Crippen molar-refractivity contribution in [3.8, 4) is 0 Å². The quantitative estimate of drug-likeness (QED) is 0.783. The van der Waals surface area contributed by atoms with Crippen LogP contribution in [0.5, 0.6) is 0 Å². The van der Waals surface area contributed by atoms with Gasteiger partial charge in [0.1, 0.15) is 11.6 Å². The molecule has 4 rings (SSSR count). The van der Waals surface area contributed by atoms with Crippen LogP contribution in [-0.2, 0) is 17.8 Å². The maximum atomic E-state index is 13.0. The second-order valence-corrected chi connectivity index (χ2v) is 6.32. The smallest absolute Gasteiger partial charge is 0.249 e. The molecule has 0 aliphatic carbocycles. The highest BCUT2D eigenvalue weighted by atomic mass is 16.2. The first kappa shape index (κ1) is 15.6. The lowest BCUT2D eigenvalue weighted by Crippen LogP contribution is -2.44. The van der Waals surface area contributed by atoms with Gasteiger partial charge in [0.2, 0.25) is 5.91 Å². The molecule has 1 aliphatic rings. The average molecular weight is 336 g/mol. The largest absolute Gasteiger partial charge is 0.349 e. The number of nitrogens with one attached hydrogen (secondary N) is 1. The van der Waals surface area contributed by atoms with Crippen LogP contribution in [0.15, 0.2) is 48.8 Å². The van der Waals surface area contributed by atoms with Crippen LogP contribution in [0, 0.1) is 6.92 Å². The summed E-state index contributed by atoms with van der Waals surface area (Å²) in [4.78, 5) is 13.0. The van der Waals surface area contributed by atoms with Crippen LogP contribution in [-0.4, -0.2) is 36.5 Å². The number of nitrogens with zero attached hydrogens (tertiary/aromatic N) is 5. The van der Waals surface area contributed by atoms with E-state index in [1.807, 2.05) is 49.5 Å². The van der Waals surface area contributed by atoms with E-state index in [9.17, 15) is 4.79 Å². The number of aromatic nitrogens is 5. The normalized spacial score (nSPS) is 17.7. The van der Waals surface area contributed by atoms with Crippen molar-refractivity contribution in [2.24, 2.45) is 0 Å². The number of rotatable bonds is 4. The first-order valence-corrected chi connectivity index (χ1v) is 8.45. The van der Waals surface area contributed by atoms with Crippen molar-refractivity contribution in [1.29, 1.82) is 0 Å². The summed E-state index contributed by atoms with van der Waals surface area (Å²) in [6.07, 6.45) is 5.20. The van der Waals surface area contributed by atoms with Gasteiger partial charge in [-0.25, -0.2) is 0 Å². The van der Waals surface area contributed by atoms with Gasteiger partial charge in [0, 0.05) is 31.4 Å². The van der Waals surface area contributed by atoms with Gasteiger partial charge in [0.25, 0.3) is 0 Å². The fourth-order valence-corrected chi connectivity index (χ4v) is 3.35. The third-order valence-electron chi connectivity index (χ3n) is 4.63. The van der Waals surface area contributed by atoms with Gasteiger partial charge in [-0.05, 0) is 25.0 Å². The summed E-state index contributed by atoms with van der Waals surface area (Å²) in [5.41, 5.74) is 0.917. The van der Waals surface area contributed by atoms with Gasteiger partial charge in [-0.3, -0.25) is 9.48 Å². The zero-order valence-corrected chi connectivity index (χ0v) is 14.0. The summed E-state index contributed by atoms with van der Waals surface area (Å²) in [5, 5.41) is 15.8. The summed E-state index contributed by atoms with van der Waals surface area (Å²) in [5.74, 6) is 1.84. The number of carbonyl (C=O) groups excluding carboxylic acids is 1. The van der Waals surface area contributed by atoms with Crippen LogP contribution >= 0.6 is 0 Å². The summed E-state index contributed by atoms with van der Waals surface area (Å²) in [6.45, 7) is 2.65. The van der Waals surface area contributed by atoms with E-state index in [2.05, 4.69) is 25.2 Å². The van der Waals surface area contributed by atoms with Crippen LogP contribution in [0.25, 0.3) is 0 Å². The highest BCUT2D eigenvalue weighted by Gasteiger charge is 2.28. The Morgan fingerprint density at radius 3 is 2.84 bits per heavy atom. The maximum Gasteiger partial charge on any atom is 0.249 e. The van der Waals surface area contributed by atoms with Crippen molar-refractivity contribution < 1.29 is 4.79 Å². The molecule has 0 radical (unpaired) electrons. The number of hydrogen-bond donors (Lipinski definition) is 1. The molecule has 1 aliphatic heterocycles. The van der Waals surface area contributed by atoms with E-state index in [0.717, 1.165) is 30.1 Å². The van der Waals surface area contributed by atoms with E-state index in [-0.39, 0.29) is 11.9 Å². The number of fused-ring (bicyclic) bond motifs is 1. The van der Waals surface area contributed by atoms with Gasteiger partial charge >= 0.3 is 0 Å². The number of benzene rings is 1. The Labute approximate surface area is 145 Å². The molecule has 0 bridgehead atoms. The molecule has 0 saturated heterocycles. The van der Waals surface area contributed by atoms with Crippen molar-refractivity contribution >= 4 is 5.91 Å². The maximum absolute atomic E-state index is 13.0. The molecule has 0 fully saturated rings. The first-order valence-electron chi connectivity index (χ1n) is 8.45. The van der Waals surface area contributed by atoms with Crippen molar-refractivity contribution in [2.75, 3.05) is 0 Å². The fourth-order valence-electron chi connectivity index (χ4n) is 3.35. The van der Waals surface area contributed by atoms with Crippen molar-refractivity contribution in [3.05, 3.63) is 66.0 Å². The van der Waals surface area contributed by atoms with E-state index in [0.29, 0.717) is 6.54 Å². The summed E-state index contributed by atoms with van der Waals surface area (Å²) in [6, 6.07) is 11.1. The number of amides is 1. The third-order valence-corrected chi connectivity index (χ3v) is 4.63. The second kappa shape index (κ2) is 6.51. The molecule has 3 aromatic rings. The van der Waals surface area contributed by atoms with Crippen LogP contribution < -0.4 is 5.32 Å². The molecule has 25 heavy (non-hydrogen) atoms. The molecule has 0 spiro atoms. The van der Waals surface area contributed by atoms with Crippen molar-refractivity contribution in [3.63, 3.8) is 0 Å². The lowest BCUT2D eigenvalue weighted by atomic mass is 10.0. The molecule has 7 nitrogen and oxygen atoms in total. The van der Waals surface area contributed by atoms with Crippen LogP contribution in [0.2, 0.25) is 0 Å². The number of aryl methyl sites for hydroxylation is 2. The van der Waals surface area contributed by atoms with E-state index in [4.69, 9.17) is 0 Å².